The van der Waals surface area contributed by atoms with Crippen LogP contribution in [-0.2, 0) is 38.7 Å². The van der Waals surface area contributed by atoms with Crippen LogP contribution in [0.4, 0.5) is 0 Å². The largest absolute Gasteiger partial charge is 0.462 e. The number of hydrogen-bond donors (Lipinski definition) is 4. The third kappa shape index (κ3) is 23.4. The van der Waals surface area contributed by atoms with Crippen LogP contribution in [0.5, 0.6) is 0 Å². The molecule has 0 saturated carbocycles. The van der Waals surface area contributed by atoms with E-state index in [1.54, 1.807) is 0 Å². The van der Waals surface area contributed by atoms with E-state index >= 15 is 0 Å². The molecule has 0 aromatic carbocycles. The summed E-state index contributed by atoms with van der Waals surface area (Å²) in [4.78, 5) is 25.1. The van der Waals surface area contributed by atoms with Crippen LogP contribution in [0, 0.1) is 0 Å². The molecule has 0 amide bonds. The molecule has 0 aromatic heterocycles. The van der Waals surface area contributed by atoms with Gasteiger partial charge in [0.05, 0.1) is 6.61 Å². The maximum absolute atomic E-state index is 12.6. The summed E-state index contributed by atoms with van der Waals surface area (Å²) in [7, 11) is -4.60. The Kier molecular flexibility index (Phi) is 26.1. The van der Waals surface area contributed by atoms with Gasteiger partial charge in [-0.3, -0.25) is 14.1 Å². The van der Waals surface area contributed by atoms with Crippen LogP contribution in [-0.4, -0.2) is 96.0 Å². The number of ether oxygens (including phenoxy) is 4. The minimum absolute atomic E-state index is 0.154. The number of carbonyl (C=O) groups is 2. The SMILES string of the molecule is CCCCC/C=C/C/C=C/C/C=C/CCCCC(=O)OC[C@H](CO[C@H]1O[C@H](CS(=O)(=O)O)[C@@H](O)C(O)C1O)OC(=O)CCCCCCCCC. The molecule has 1 aliphatic heterocycles. The Balaban J connectivity index is 2.54. The Hall–Kier alpha value is -2.13. The van der Waals surface area contributed by atoms with Gasteiger partial charge >= 0.3 is 11.9 Å². The van der Waals surface area contributed by atoms with Crippen LogP contribution in [0.3, 0.4) is 0 Å². The Bertz CT molecular complexity index is 1090. The maximum atomic E-state index is 12.6. The first-order valence-corrected chi connectivity index (χ1v) is 20.2. The van der Waals surface area contributed by atoms with Gasteiger partial charge in [-0.05, 0) is 51.4 Å². The summed E-state index contributed by atoms with van der Waals surface area (Å²) in [6.07, 6.45) is 19.5. The highest BCUT2D eigenvalue weighted by Gasteiger charge is 2.46. The Morgan fingerprint density at radius 3 is 1.82 bits per heavy atom. The first-order valence-electron chi connectivity index (χ1n) is 18.5. The molecule has 2 unspecified atom stereocenters. The predicted molar refractivity (Wildman–Crippen MR) is 192 cm³/mol. The molecule has 6 atom stereocenters. The summed E-state index contributed by atoms with van der Waals surface area (Å²) >= 11 is 0. The van der Waals surface area contributed by atoms with Gasteiger partial charge < -0.3 is 34.3 Å². The molecule has 1 fully saturated rings. The van der Waals surface area contributed by atoms with E-state index in [1.165, 1.54) is 25.7 Å². The fourth-order valence-electron chi connectivity index (χ4n) is 5.27. The third-order valence-electron chi connectivity index (χ3n) is 8.22. The summed E-state index contributed by atoms with van der Waals surface area (Å²) < 4.78 is 53.6. The van der Waals surface area contributed by atoms with Crippen molar-refractivity contribution >= 4 is 22.1 Å². The van der Waals surface area contributed by atoms with Crippen LogP contribution in [0.2, 0.25) is 0 Å². The molecule has 1 saturated heterocycles. The lowest BCUT2D eigenvalue weighted by Crippen LogP contribution is -2.60. The number of aliphatic hydroxyl groups is 3. The zero-order valence-electron chi connectivity index (χ0n) is 30.2. The van der Waals surface area contributed by atoms with Gasteiger partial charge in [0.15, 0.2) is 12.4 Å². The van der Waals surface area contributed by atoms with Gasteiger partial charge in [-0.2, -0.15) is 8.42 Å². The number of aliphatic hydroxyl groups excluding tert-OH is 3. The van der Waals surface area contributed by atoms with Crippen LogP contribution >= 0.6 is 0 Å². The summed E-state index contributed by atoms with van der Waals surface area (Å²) in [5.41, 5.74) is 0. The summed E-state index contributed by atoms with van der Waals surface area (Å²) in [6.45, 7) is 3.60. The average Bonchev–Trinajstić information content (AvgIpc) is 3.07. The van der Waals surface area contributed by atoms with Crippen LogP contribution < -0.4 is 0 Å². The summed E-state index contributed by atoms with van der Waals surface area (Å²) in [5, 5.41) is 30.6. The van der Waals surface area contributed by atoms with Crippen molar-refractivity contribution in [2.24, 2.45) is 0 Å². The molecule has 0 radical (unpaired) electrons. The molecule has 12 nitrogen and oxygen atoms in total. The summed E-state index contributed by atoms with van der Waals surface area (Å²) in [6, 6.07) is 0. The first kappa shape index (κ1) is 45.9. The van der Waals surface area contributed by atoms with E-state index in [2.05, 4.69) is 50.3 Å². The van der Waals surface area contributed by atoms with Gasteiger partial charge in [0.2, 0.25) is 0 Å². The monoisotopic (exact) mass is 732 g/mol. The lowest BCUT2D eigenvalue weighted by atomic mass is 10.00. The molecule has 50 heavy (non-hydrogen) atoms. The molecule has 0 spiro atoms. The number of unbranched alkanes of at least 4 members (excludes halogenated alkanes) is 11. The molecule has 290 valence electrons. The molecule has 13 heteroatoms. The smallest absolute Gasteiger partial charge is 0.306 e. The van der Waals surface area contributed by atoms with Crippen LogP contribution in [0.25, 0.3) is 0 Å². The van der Waals surface area contributed by atoms with Crippen molar-refractivity contribution in [2.75, 3.05) is 19.0 Å². The van der Waals surface area contributed by atoms with E-state index in [0.29, 0.717) is 12.8 Å². The van der Waals surface area contributed by atoms with E-state index in [4.69, 9.17) is 18.9 Å². The molecular formula is C37H64O12S. The van der Waals surface area contributed by atoms with E-state index in [1.807, 2.05) is 0 Å². The lowest BCUT2D eigenvalue weighted by molar-refractivity contribution is -0.297. The van der Waals surface area contributed by atoms with E-state index < -0.39 is 71.2 Å². The predicted octanol–water partition coefficient (Wildman–Crippen LogP) is 5.88. The molecule has 1 aliphatic rings. The molecule has 0 aromatic rings. The van der Waals surface area contributed by atoms with E-state index in [9.17, 15) is 37.9 Å². The molecule has 4 N–H and O–H groups in total. The van der Waals surface area contributed by atoms with Crippen molar-refractivity contribution in [3.63, 3.8) is 0 Å². The number of hydrogen-bond acceptors (Lipinski definition) is 11. The molecule has 1 heterocycles. The van der Waals surface area contributed by atoms with E-state index in [0.717, 1.165) is 64.2 Å². The molecular weight excluding hydrogens is 668 g/mol. The molecule has 1 rings (SSSR count). The van der Waals surface area contributed by atoms with Crippen molar-refractivity contribution in [1.29, 1.82) is 0 Å². The van der Waals surface area contributed by atoms with Crippen molar-refractivity contribution in [3.05, 3.63) is 36.5 Å². The van der Waals surface area contributed by atoms with Gasteiger partial charge in [0.25, 0.3) is 10.1 Å². The minimum Gasteiger partial charge on any atom is -0.462 e. The second-order valence-corrected chi connectivity index (χ2v) is 14.4. The number of rotatable bonds is 29. The second kappa shape index (κ2) is 28.5. The van der Waals surface area contributed by atoms with Crippen LogP contribution in [0.1, 0.15) is 129 Å². The van der Waals surface area contributed by atoms with Crippen molar-refractivity contribution in [1.82, 2.24) is 0 Å². The van der Waals surface area contributed by atoms with Crippen molar-refractivity contribution in [3.8, 4) is 0 Å². The normalized spacial score (nSPS) is 22.1. The highest BCUT2D eigenvalue weighted by molar-refractivity contribution is 7.85. The van der Waals surface area contributed by atoms with Gasteiger partial charge in [0.1, 0.15) is 36.8 Å². The van der Waals surface area contributed by atoms with Crippen LogP contribution in [0.15, 0.2) is 36.5 Å². The topological polar surface area (TPSA) is 186 Å². The summed E-state index contributed by atoms with van der Waals surface area (Å²) in [5.74, 6) is -2.04. The Morgan fingerprint density at radius 1 is 0.680 bits per heavy atom. The highest BCUT2D eigenvalue weighted by atomic mass is 32.2. The van der Waals surface area contributed by atoms with Gasteiger partial charge in [-0.15, -0.1) is 0 Å². The van der Waals surface area contributed by atoms with Crippen molar-refractivity contribution in [2.45, 2.75) is 166 Å². The average molecular weight is 733 g/mol. The Morgan fingerprint density at radius 2 is 1.20 bits per heavy atom. The second-order valence-electron chi connectivity index (χ2n) is 12.9. The number of esters is 2. The Labute approximate surface area is 300 Å². The first-order chi connectivity index (χ1) is 24.0. The van der Waals surface area contributed by atoms with Gasteiger partial charge in [-0.1, -0.05) is 102 Å². The fraction of sp³-hybridized carbons (Fsp3) is 0.784. The minimum atomic E-state index is -4.60. The number of allylic oxidation sites excluding steroid dienone is 6. The van der Waals surface area contributed by atoms with Gasteiger partial charge in [0, 0.05) is 12.8 Å². The molecule has 0 bridgehead atoms. The maximum Gasteiger partial charge on any atom is 0.306 e. The number of carbonyl (C=O) groups excluding carboxylic acids is 2. The third-order valence-corrected chi connectivity index (χ3v) is 8.97. The quantitative estimate of drug-likeness (QED) is 0.0310. The highest BCUT2D eigenvalue weighted by Crippen LogP contribution is 2.23. The van der Waals surface area contributed by atoms with Crippen molar-refractivity contribution < 1.29 is 56.8 Å². The zero-order chi connectivity index (χ0) is 37.0. The van der Waals surface area contributed by atoms with Gasteiger partial charge in [-0.25, -0.2) is 0 Å². The molecule has 0 aliphatic carbocycles. The standard InChI is InChI=1S/C37H64O12S/c1-3-5-7-9-11-12-13-14-15-16-17-18-20-21-23-25-32(38)46-27-30(48-33(39)26-24-22-19-10-8-6-4-2)28-47-37-36(42)35(41)34(40)31(49-37)29-50(43,44)45/h11-12,14-15,17-18,30-31,34-37,40-42H,3-10,13,16,19-29H2,1-2H3,(H,43,44,45)/b12-11+,15-14+,18-17+/t30-,31-,34-,35?,36?,37+/m1/s1. The van der Waals surface area contributed by atoms with E-state index in [-0.39, 0.29) is 19.4 Å². The lowest BCUT2D eigenvalue weighted by Gasteiger charge is -2.40. The fourth-order valence-corrected chi connectivity index (χ4v) is 5.96. The zero-order valence-corrected chi connectivity index (χ0v) is 31.1.